The van der Waals surface area contributed by atoms with Gasteiger partial charge in [-0.05, 0) is 43.5 Å². The van der Waals surface area contributed by atoms with Gasteiger partial charge in [0.2, 0.25) is 0 Å². The van der Waals surface area contributed by atoms with Crippen LogP contribution in [0.5, 0.6) is 5.75 Å². The first kappa shape index (κ1) is 16.6. The number of aryl methyl sites for hydroxylation is 1. The van der Waals surface area contributed by atoms with E-state index in [-0.39, 0.29) is 25.1 Å². The smallest absolute Gasteiger partial charge is 0.308 e. The zero-order valence-corrected chi connectivity index (χ0v) is 13.5. The monoisotopic (exact) mass is 325 g/mol. The highest BCUT2D eigenvalue weighted by Crippen LogP contribution is 2.28. The van der Waals surface area contributed by atoms with E-state index in [4.69, 9.17) is 21.4 Å². The van der Waals surface area contributed by atoms with E-state index in [9.17, 15) is 9.59 Å². The second kappa shape index (κ2) is 7.01. The molecule has 5 nitrogen and oxygen atoms in total. The zero-order chi connectivity index (χ0) is 16.3. The Morgan fingerprint density at radius 1 is 1.45 bits per heavy atom. The van der Waals surface area contributed by atoms with Crippen LogP contribution < -0.4 is 4.74 Å². The van der Waals surface area contributed by atoms with Crippen molar-refractivity contribution in [1.29, 1.82) is 0 Å². The summed E-state index contributed by atoms with van der Waals surface area (Å²) in [6.07, 6.45) is 1.86. The minimum Gasteiger partial charge on any atom is -0.484 e. The molecule has 1 aliphatic carbocycles. The summed E-state index contributed by atoms with van der Waals surface area (Å²) in [6, 6.07) is 5.37. The summed E-state index contributed by atoms with van der Waals surface area (Å²) in [5.74, 6) is -1.07. The molecule has 0 bridgehead atoms. The maximum atomic E-state index is 12.3. The van der Waals surface area contributed by atoms with Crippen LogP contribution in [0.3, 0.4) is 0 Å². The average molecular weight is 326 g/mol. The highest BCUT2D eigenvalue weighted by molar-refractivity contribution is 6.31. The summed E-state index contributed by atoms with van der Waals surface area (Å²) < 4.78 is 5.51. The predicted octanol–water partition coefficient (Wildman–Crippen LogP) is 2.74. The molecule has 1 amide bonds. The van der Waals surface area contributed by atoms with Gasteiger partial charge in [0.25, 0.3) is 5.91 Å². The van der Waals surface area contributed by atoms with Gasteiger partial charge in [-0.3, -0.25) is 9.59 Å². The van der Waals surface area contributed by atoms with E-state index in [1.165, 1.54) is 0 Å². The van der Waals surface area contributed by atoms with Gasteiger partial charge >= 0.3 is 5.97 Å². The van der Waals surface area contributed by atoms with Crippen molar-refractivity contribution in [1.82, 2.24) is 4.90 Å². The number of carbonyl (C=O) groups excluding carboxylic acids is 1. The lowest BCUT2D eigenvalue weighted by Crippen LogP contribution is -2.41. The van der Waals surface area contributed by atoms with E-state index in [0.29, 0.717) is 10.8 Å². The topological polar surface area (TPSA) is 66.8 Å². The van der Waals surface area contributed by atoms with Gasteiger partial charge in [0.15, 0.2) is 6.61 Å². The van der Waals surface area contributed by atoms with Crippen LogP contribution in [0.25, 0.3) is 0 Å². The Morgan fingerprint density at radius 3 is 2.68 bits per heavy atom. The second-order valence-corrected chi connectivity index (χ2v) is 6.12. The molecule has 1 saturated carbocycles. The van der Waals surface area contributed by atoms with Gasteiger partial charge in [0.05, 0.1) is 5.92 Å². The highest BCUT2D eigenvalue weighted by Gasteiger charge is 2.34. The molecule has 6 heteroatoms. The van der Waals surface area contributed by atoms with Gasteiger partial charge in [0, 0.05) is 17.6 Å². The van der Waals surface area contributed by atoms with Crippen LogP contribution in [0.15, 0.2) is 18.2 Å². The van der Waals surface area contributed by atoms with E-state index in [0.717, 1.165) is 18.4 Å². The average Bonchev–Trinajstić information content (AvgIpc) is 3.29. The summed E-state index contributed by atoms with van der Waals surface area (Å²) in [6.45, 7) is 3.60. The van der Waals surface area contributed by atoms with Crippen molar-refractivity contribution in [3.05, 3.63) is 28.8 Å². The highest BCUT2D eigenvalue weighted by atomic mass is 35.5. The van der Waals surface area contributed by atoms with Crippen molar-refractivity contribution in [2.75, 3.05) is 13.2 Å². The number of hydrogen-bond acceptors (Lipinski definition) is 3. The van der Waals surface area contributed by atoms with Crippen molar-refractivity contribution >= 4 is 23.5 Å². The molecule has 22 heavy (non-hydrogen) atoms. The molecule has 0 radical (unpaired) electrons. The number of hydrogen-bond donors (Lipinski definition) is 1. The third-order valence-electron chi connectivity index (χ3n) is 3.69. The van der Waals surface area contributed by atoms with Crippen LogP contribution in [-0.4, -0.2) is 41.1 Å². The molecule has 0 aliphatic heterocycles. The number of nitrogens with zero attached hydrogens (tertiary/aromatic N) is 1. The minimum atomic E-state index is -0.896. The molecule has 120 valence electrons. The Labute approximate surface area is 134 Å². The number of halogens is 1. The number of benzene rings is 1. The number of carboxylic acid groups (broad SMARTS) is 1. The second-order valence-electron chi connectivity index (χ2n) is 5.72. The Morgan fingerprint density at radius 2 is 2.14 bits per heavy atom. The maximum absolute atomic E-state index is 12.3. The Hall–Kier alpha value is -1.75. The van der Waals surface area contributed by atoms with E-state index in [1.54, 1.807) is 30.0 Å². The van der Waals surface area contributed by atoms with E-state index in [1.807, 2.05) is 6.92 Å². The summed E-state index contributed by atoms with van der Waals surface area (Å²) in [5.41, 5.74) is 0.880. The fourth-order valence-electron chi connectivity index (χ4n) is 2.15. The molecular formula is C16H20ClNO4. The molecule has 1 fully saturated rings. The first-order chi connectivity index (χ1) is 10.4. The molecular weight excluding hydrogens is 306 g/mol. The zero-order valence-electron chi connectivity index (χ0n) is 12.7. The van der Waals surface area contributed by atoms with Crippen LogP contribution in [0.4, 0.5) is 0 Å². The van der Waals surface area contributed by atoms with E-state index >= 15 is 0 Å². The van der Waals surface area contributed by atoms with Crippen molar-refractivity contribution in [3.8, 4) is 5.75 Å². The lowest BCUT2D eigenvalue weighted by atomic mass is 10.1. The number of carboxylic acids is 1. The van der Waals surface area contributed by atoms with Crippen LogP contribution in [-0.2, 0) is 9.59 Å². The maximum Gasteiger partial charge on any atom is 0.308 e. The number of rotatable bonds is 7. The molecule has 1 N–H and O–H groups in total. The van der Waals surface area contributed by atoms with Crippen LogP contribution in [0, 0.1) is 12.8 Å². The van der Waals surface area contributed by atoms with Gasteiger partial charge in [-0.25, -0.2) is 0 Å². The standard InChI is InChI=1S/C16H20ClNO4/c1-10-7-13(5-6-14(10)17)22-9-15(19)18(12-3-4-12)8-11(2)16(20)21/h5-7,11-12H,3-4,8-9H2,1-2H3,(H,20,21). The molecule has 0 spiro atoms. The van der Waals surface area contributed by atoms with Crippen LogP contribution >= 0.6 is 11.6 Å². The van der Waals surface area contributed by atoms with E-state index < -0.39 is 11.9 Å². The molecule has 0 aromatic heterocycles. The van der Waals surface area contributed by atoms with Gasteiger partial charge in [-0.15, -0.1) is 0 Å². The van der Waals surface area contributed by atoms with Gasteiger partial charge in [-0.2, -0.15) is 0 Å². The largest absolute Gasteiger partial charge is 0.484 e. The predicted molar refractivity (Wildman–Crippen MR) is 83.2 cm³/mol. The molecule has 1 aromatic carbocycles. The minimum absolute atomic E-state index is 0.0933. The quantitative estimate of drug-likeness (QED) is 0.837. The van der Waals surface area contributed by atoms with Crippen molar-refractivity contribution in [2.24, 2.45) is 5.92 Å². The van der Waals surface area contributed by atoms with Crippen LogP contribution in [0.2, 0.25) is 5.02 Å². The Kier molecular flexibility index (Phi) is 5.29. The van der Waals surface area contributed by atoms with Gasteiger partial charge in [-0.1, -0.05) is 18.5 Å². The third kappa shape index (κ3) is 4.37. The number of amides is 1. The number of ether oxygens (including phenoxy) is 1. The summed E-state index contributed by atoms with van der Waals surface area (Å²) in [5, 5.41) is 9.64. The number of aliphatic carboxylic acids is 1. The van der Waals surface area contributed by atoms with Crippen LogP contribution in [0.1, 0.15) is 25.3 Å². The molecule has 2 rings (SSSR count). The SMILES string of the molecule is Cc1cc(OCC(=O)N(CC(C)C(=O)O)C2CC2)ccc1Cl. The fourth-order valence-corrected chi connectivity index (χ4v) is 2.27. The summed E-state index contributed by atoms with van der Waals surface area (Å²) in [4.78, 5) is 24.9. The Bertz CT molecular complexity index is 571. The Balaban J connectivity index is 1.93. The molecule has 1 unspecified atom stereocenters. The molecule has 1 aliphatic rings. The summed E-state index contributed by atoms with van der Waals surface area (Å²) in [7, 11) is 0. The number of carbonyl (C=O) groups is 2. The molecule has 1 atom stereocenters. The molecule has 0 saturated heterocycles. The molecule has 1 aromatic rings. The lowest BCUT2D eigenvalue weighted by molar-refractivity contribution is -0.143. The van der Waals surface area contributed by atoms with Gasteiger partial charge < -0.3 is 14.7 Å². The fraction of sp³-hybridized carbons (Fsp3) is 0.500. The normalized spacial score (nSPS) is 15.2. The lowest BCUT2D eigenvalue weighted by Gasteiger charge is -2.24. The first-order valence-electron chi connectivity index (χ1n) is 7.29. The van der Waals surface area contributed by atoms with E-state index in [2.05, 4.69) is 0 Å². The third-order valence-corrected chi connectivity index (χ3v) is 4.12. The summed E-state index contributed by atoms with van der Waals surface area (Å²) >= 11 is 5.94. The van der Waals surface area contributed by atoms with Crippen molar-refractivity contribution in [2.45, 2.75) is 32.7 Å². The molecule has 0 heterocycles. The first-order valence-corrected chi connectivity index (χ1v) is 7.67. The van der Waals surface area contributed by atoms with Crippen molar-refractivity contribution < 1.29 is 19.4 Å². The van der Waals surface area contributed by atoms with Gasteiger partial charge in [0.1, 0.15) is 5.75 Å². The van der Waals surface area contributed by atoms with Crippen molar-refractivity contribution in [3.63, 3.8) is 0 Å².